The fourth-order valence-electron chi connectivity index (χ4n) is 4.17. The summed E-state index contributed by atoms with van der Waals surface area (Å²) in [6, 6.07) is 9.59. The first-order valence-corrected chi connectivity index (χ1v) is 9.33. The van der Waals surface area contributed by atoms with Gasteiger partial charge in [-0.05, 0) is 50.0 Å². The van der Waals surface area contributed by atoms with Gasteiger partial charge < -0.3 is 9.84 Å². The highest BCUT2D eigenvalue weighted by atomic mass is 16.5. The number of aromatic nitrogens is 3. The zero-order valence-electron chi connectivity index (χ0n) is 15.1. The highest BCUT2D eigenvalue weighted by Gasteiger charge is 2.51. The normalized spacial score (nSPS) is 28.8. The van der Waals surface area contributed by atoms with Crippen molar-refractivity contribution in [3.8, 4) is 0 Å². The van der Waals surface area contributed by atoms with Gasteiger partial charge in [0.15, 0.2) is 5.82 Å². The van der Waals surface area contributed by atoms with Crippen molar-refractivity contribution < 1.29 is 14.6 Å². The molecule has 6 heteroatoms. The van der Waals surface area contributed by atoms with Crippen molar-refractivity contribution in [1.82, 2.24) is 14.8 Å². The summed E-state index contributed by atoms with van der Waals surface area (Å²) >= 11 is 0. The van der Waals surface area contributed by atoms with Crippen LogP contribution in [-0.4, -0.2) is 32.4 Å². The van der Waals surface area contributed by atoms with Gasteiger partial charge in [0, 0.05) is 7.05 Å². The van der Waals surface area contributed by atoms with Crippen molar-refractivity contribution in [1.29, 1.82) is 0 Å². The van der Waals surface area contributed by atoms with Crippen molar-refractivity contribution in [3.63, 3.8) is 0 Å². The molecule has 2 aromatic rings. The van der Waals surface area contributed by atoms with E-state index in [0.29, 0.717) is 31.6 Å². The van der Waals surface area contributed by atoms with Crippen LogP contribution in [0.15, 0.2) is 36.7 Å². The van der Waals surface area contributed by atoms with Crippen molar-refractivity contribution in [2.24, 2.45) is 13.0 Å². The highest BCUT2D eigenvalue weighted by Crippen LogP contribution is 2.49. The zero-order chi connectivity index (χ0) is 18.2. The van der Waals surface area contributed by atoms with E-state index in [9.17, 15) is 9.90 Å². The summed E-state index contributed by atoms with van der Waals surface area (Å²) in [5.74, 6) is 0.697. The first-order valence-electron chi connectivity index (χ1n) is 9.33. The molecule has 2 aliphatic carbocycles. The quantitative estimate of drug-likeness (QED) is 0.862. The number of aliphatic carboxylic acids is 1. The van der Waals surface area contributed by atoms with Gasteiger partial charge in [-0.3, -0.25) is 9.48 Å². The smallest absolute Gasteiger partial charge is 0.314 e. The predicted octanol–water partition coefficient (Wildman–Crippen LogP) is 3.03. The second-order valence-electron chi connectivity index (χ2n) is 7.71. The Bertz CT molecular complexity index is 775. The number of benzene rings is 1. The minimum absolute atomic E-state index is 0.532. The average molecular weight is 355 g/mol. The van der Waals surface area contributed by atoms with Crippen molar-refractivity contribution in [2.45, 2.75) is 49.5 Å². The second kappa shape index (κ2) is 6.50. The highest BCUT2D eigenvalue weighted by molar-refractivity contribution is 5.81. The van der Waals surface area contributed by atoms with Crippen LogP contribution in [0.5, 0.6) is 0 Å². The van der Waals surface area contributed by atoms with E-state index in [1.807, 2.05) is 37.4 Å². The zero-order valence-corrected chi connectivity index (χ0v) is 15.1. The lowest BCUT2D eigenvalue weighted by Gasteiger charge is -2.43. The molecule has 0 atom stereocenters. The van der Waals surface area contributed by atoms with E-state index >= 15 is 0 Å². The summed E-state index contributed by atoms with van der Waals surface area (Å²) < 4.78 is 8.18. The Morgan fingerprint density at radius 3 is 2.46 bits per heavy atom. The summed E-state index contributed by atoms with van der Waals surface area (Å²) in [5, 5.41) is 14.3. The summed E-state index contributed by atoms with van der Waals surface area (Å²) in [4.78, 5) is 16.7. The minimum atomic E-state index is -0.855. The minimum Gasteiger partial charge on any atom is -0.481 e. The number of aryl methyl sites for hydroxylation is 1. The maximum atomic E-state index is 12.2. The third kappa shape index (κ3) is 2.92. The van der Waals surface area contributed by atoms with E-state index in [0.717, 1.165) is 18.0 Å². The molecule has 0 bridgehead atoms. The van der Waals surface area contributed by atoms with Gasteiger partial charge >= 0.3 is 5.97 Å². The van der Waals surface area contributed by atoms with Gasteiger partial charge in [0.05, 0.1) is 12.0 Å². The predicted molar refractivity (Wildman–Crippen MR) is 95.6 cm³/mol. The Hall–Kier alpha value is -2.21. The van der Waals surface area contributed by atoms with Gasteiger partial charge in [-0.15, -0.1) is 0 Å². The Kier molecular flexibility index (Phi) is 4.31. The number of hydrogen-bond donors (Lipinski definition) is 1. The second-order valence-corrected chi connectivity index (χ2v) is 7.71. The molecule has 4 rings (SSSR count). The van der Waals surface area contributed by atoms with Crippen LogP contribution in [0.1, 0.15) is 49.9 Å². The molecule has 1 aromatic carbocycles. The average Bonchev–Trinajstić information content (AvgIpc) is 3.40. The number of hydrogen-bond acceptors (Lipinski definition) is 4. The fourth-order valence-corrected chi connectivity index (χ4v) is 4.17. The molecule has 138 valence electrons. The molecule has 1 aromatic heterocycles. The Labute approximate surface area is 153 Å². The van der Waals surface area contributed by atoms with Crippen molar-refractivity contribution >= 4 is 5.97 Å². The van der Waals surface area contributed by atoms with Crippen LogP contribution in [0, 0.1) is 5.92 Å². The maximum Gasteiger partial charge on any atom is 0.314 e. The molecule has 0 radical (unpaired) electrons. The number of carboxylic acids is 1. The van der Waals surface area contributed by atoms with Gasteiger partial charge in [0.2, 0.25) is 0 Å². The van der Waals surface area contributed by atoms with Crippen LogP contribution < -0.4 is 0 Å². The molecule has 6 nitrogen and oxygen atoms in total. The standard InChI is InChI=1S/C20H25N3O3/c1-23-17(21-14-22-23)20(26-13-15-7-8-15)11-9-19(10-12-20,18(24)25)16-5-3-2-4-6-16/h2-6,14-15H,7-13H2,1H3,(H,24,25)/t19-,20-. The summed E-state index contributed by atoms with van der Waals surface area (Å²) in [5.41, 5.74) is -0.519. The Balaban J connectivity index is 1.63. The van der Waals surface area contributed by atoms with E-state index in [-0.39, 0.29) is 0 Å². The van der Waals surface area contributed by atoms with E-state index in [1.165, 1.54) is 12.8 Å². The third-order valence-corrected chi connectivity index (χ3v) is 6.06. The summed E-state index contributed by atoms with van der Waals surface area (Å²) in [6.45, 7) is 0.721. The van der Waals surface area contributed by atoms with Gasteiger partial charge in [0.25, 0.3) is 0 Å². The lowest BCUT2D eigenvalue weighted by atomic mass is 9.65. The van der Waals surface area contributed by atoms with Crippen molar-refractivity contribution in [3.05, 3.63) is 48.0 Å². The molecular formula is C20H25N3O3. The number of ether oxygens (including phenoxy) is 1. The largest absolute Gasteiger partial charge is 0.481 e. The van der Waals surface area contributed by atoms with E-state index < -0.39 is 17.0 Å². The number of carboxylic acid groups (broad SMARTS) is 1. The topological polar surface area (TPSA) is 77.2 Å². The third-order valence-electron chi connectivity index (χ3n) is 6.06. The molecule has 2 saturated carbocycles. The molecule has 0 spiro atoms. The Morgan fingerprint density at radius 1 is 1.23 bits per heavy atom. The molecule has 1 N–H and O–H groups in total. The molecule has 0 unspecified atom stereocenters. The monoisotopic (exact) mass is 355 g/mol. The number of carbonyl (C=O) groups is 1. The molecule has 0 saturated heterocycles. The van der Waals surface area contributed by atoms with Crippen LogP contribution in [0.3, 0.4) is 0 Å². The van der Waals surface area contributed by atoms with Gasteiger partial charge in [-0.25, -0.2) is 4.98 Å². The van der Waals surface area contributed by atoms with E-state index in [2.05, 4.69) is 10.1 Å². The van der Waals surface area contributed by atoms with Crippen LogP contribution in [0.4, 0.5) is 0 Å². The van der Waals surface area contributed by atoms with E-state index in [1.54, 1.807) is 11.0 Å². The van der Waals surface area contributed by atoms with E-state index in [4.69, 9.17) is 4.74 Å². The summed E-state index contributed by atoms with van der Waals surface area (Å²) in [6.07, 6.45) is 6.32. The van der Waals surface area contributed by atoms with Crippen LogP contribution in [0.2, 0.25) is 0 Å². The maximum absolute atomic E-state index is 12.2. The van der Waals surface area contributed by atoms with Gasteiger partial charge in [-0.1, -0.05) is 30.3 Å². The molecule has 0 amide bonds. The van der Waals surface area contributed by atoms with Crippen LogP contribution >= 0.6 is 0 Å². The molecule has 26 heavy (non-hydrogen) atoms. The van der Waals surface area contributed by atoms with Crippen molar-refractivity contribution in [2.75, 3.05) is 6.61 Å². The first kappa shape index (κ1) is 17.2. The molecule has 0 aliphatic heterocycles. The molecule has 1 heterocycles. The Morgan fingerprint density at radius 2 is 1.92 bits per heavy atom. The summed E-state index contributed by atoms with van der Waals surface area (Å²) in [7, 11) is 1.88. The lowest BCUT2D eigenvalue weighted by molar-refractivity contribution is -0.151. The van der Waals surface area contributed by atoms with Crippen LogP contribution in [0.25, 0.3) is 0 Å². The van der Waals surface area contributed by atoms with Gasteiger partial charge in [-0.2, -0.15) is 5.10 Å². The first-order chi connectivity index (χ1) is 12.6. The van der Waals surface area contributed by atoms with Gasteiger partial charge in [0.1, 0.15) is 11.9 Å². The fraction of sp³-hybridized carbons (Fsp3) is 0.550. The lowest BCUT2D eigenvalue weighted by Crippen LogP contribution is -2.47. The number of rotatable bonds is 6. The number of nitrogens with zero attached hydrogens (tertiary/aromatic N) is 3. The molecule has 2 aliphatic rings. The SMILES string of the molecule is Cn1ncnc1[C@]1(OCC2CC2)CC[C@@](C(=O)O)(c2ccccc2)CC1. The van der Waals surface area contributed by atoms with Crippen LogP contribution in [-0.2, 0) is 27.6 Å². The molecule has 2 fully saturated rings. The molecular weight excluding hydrogens is 330 g/mol.